The molecule has 0 aliphatic carbocycles. The van der Waals surface area contributed by atoms with E-state index in [9.17, 15) is 8.42 Å². The summed E-state index contributed by atoms with van der Waals surface area (Å²) >= 11 is 0. The average Bonchev–Trinajstić information content (AvgIpc) is 2.55. The quantitative estimate of drug-likeness (QED) is 0.726. The highest BCUT2D eigenvalue weighted by Crippen LogP contribution is 2.27. The third-order valence-corrected chi connectivity index (χ3v) is 5.07. The predicted octanol–water partition coefficient (Wildman–Crippen LogP) is -0.113. The van der Waals surface area contributed by atoms with Crippen molar-refractivity contribution in [2.45, 2.75) is 4.90 Å². The summed E-state index contributed by atoms with van der Waals surface area (Å²) in [5.41, 5.74) is 0. The van der Waals surface area contributed by atoms with Crippen LogP contribution in [0.3, 0.4) is 0 Å². The molecule has 22 heavy (non-hydrogen) atoms. The fraction of sp³-hybridized carbons (Fsp3) is 0.571. The van der Waals surface area contributed by atoms with E-state index in [0.29, 0.717) is 24.6 Å². The SMILES string of the molecule is COc1ccc(OC)c(S(=O)(=O)NCCN2CCNCC2)c1. The lowest BCUT2D eigenvalue weighted by Crippen LogP contribution is -2.46. The molecule has 1 saturated heterocycles. The minimum Gasteiger partial charge on any atom is -0.497 e. The van der Waals surface area contributed by atoms with Gasteiger partial charge in [0, 0.05) is 45.3 Å². The molecule has 0 spiro atoms. The molecule has 1 aliphatic rings. The third kappa shape index (κ3) is 4.33. The maximum Gasteiger partial charge on any atom is 0.244 e. The number of nitrogens with zero attached hydrogens (tertiary/aromatic N) is 1. The van der Waals surface area contributed by atoms with E-state index in [0.717, 1.165) is 26.2 Å². The maximum atomic E-state index is 12.4. The fourth-order valence-electron chi connectivity index (χ4n) is 2.34. The summed E-state index contributed by atoms with van der Waals surface area (Å²) in [4.78, 5) is 2.32. The van der Waals surface area contributed by atoms with Crippen molar-refractivity contribution in [1.29, 1.82) is 0 Å². The molecule has 8 heteroatoms. The Labute approximate surface area is 131 Å². The van der Waals surface area contributed by atoms with Crippen LogP contribution in [0.4, 0.5) is 0 Å². The van der Waals surface area contributed by atoms with Crippen molar-refractivity contribution >= 4 is 10.0 Å². The summed E-state index contributed by atoms with van der Waals surface area (Å²) in [7, 11) is -0.692. The number of methoxy groups -OCH3 is 2. The molecule has 124 valence electrons. The van der Waals surface area contributed by atoms with Gasteiger partial charge < -0.3 is 14.8 Å². The summed E-state index contributed by atoms with van der Waals surface area (Å²) in [6.45, 7) is 4.80. The minimum atomic E-state index is -3.63. The summed E-state index contributed by atoms with van der Waals surface area (Å²) in [6, 6.07) is 4.72. The van der Waals surface area contributed by atoms with Gasteiger partial charge in [-0.3, -0.25) is 4.90 Å². The minimum absolute atomic E-state index is 0.0923. The zero-order valence-corrected chi connectivity index (χ0v) is 13.8. The Morgan fingerprint density at radius 3 is 2.59 bits per heavy atom. The molecule has 1 fully saturated rings. The molecule has 1 aromatic carbocycles. The van der Waals surface area contributed by atoms with Crippen LogP contribution >= 0.6 is 0 Å². The Hall–Kier alpha value is -1.35. The van der Waals surface area contributed by atoms with E-state index < -0.39 is 10.0 Å². The molecular weight excluding hydrogens is 306 g/mol. The molecule has 2 rings (SSSR count). The molecule has 2 N–H and O–H groups in total. The van der Waals surface area contributed by atoms with Crippen LogP contribution in [0.15, 0.2) is 23.1 Å². The van der Waals surface area contributed by atoms with Gasteiger partial charge in [-0.25, -0.2) is 13.1 Å². The zero-order chi connectivity index (χ0) is 16.0. The van der Waals surface area contributed by atoms with Gasteiger partial charge in [0.25, 0.3) is 0 Å². The molecular formula is C14H23N3O4S. The highest BCUT2D eigenvalue weighted by atomic mass is 32.2. The van der Waals surface area contributed by atoms with Gasteiger partial charge in [-0.05, 0) is 12.1 Å². The molecule has 7 nitrogen and oxygen atoms in total. The van der Waals surface area contributed by atoms with Crippen LogP contribution < -0.4 is 19.5 Å². The molecule has 0 aromatic heterocycles. The fourth-order valence-corrected chi connectivity index (χ4v) is 3.55. The molecule has 0 unspecified atom stereocenters. The van der Waals surface area contributed by atoms with Crippen molar-refractivity contribution in [2.24, 2.45) is 0 Å². The van der Waals surface area contributed by atoms with Crippen LogP contribution in [0.25, 0.3) is 0 Å². The van der Waals surface area contributed by atoms with E-state index in [1.54, 1.807) is 12.1 Å². The molecule has 0 saturated carbocycles. The van der Waals surface area contributed by atoms with Crippen LogP contribution in [0.2, 0.25) is 0 Å². The second-order valence-electron chi connectivity index (χ2n) is 5.01. The Morgan fingerprint density at radius 1 is 1.23 bits per heavy atom. The first-order valence-electron chi connectivity index (χ1n) is 7.21. The summed E-state index contributed by atoms with van der Waals surface area (Å²) in [5, 5.41) is 3.26. The van der Waals surface area contributed by atoms with E-state index in [-0.39, 0.29) is 4.90 Å². The Bertz CT molecular complexity index is 586. The van der Waals surface area contributed by atoms with E-state index in [2.05, 4.69) is 14.9 Å². The highest BCUT2D eigenvalue weighted by Gasteiger charge is 2.20. The first-order chi connectivity index (χ1) is 10.6. The molecule has 0 atom stereocenters. The number of ether oxygens (including phenoxy) is 2. The van der Waals surface area contributed by atoms with Gasteiger partial charge in [0.2, 0.25) is 10.0 Å². The van der Waals surface area contributed by atoms with Crippen molar-refractivity contribution in [1.82, 2.24) is 14.9 Å². The van der Waals surface area contributed by atoms with Crippen LogP contribution in [-0.2, 0) is 10.0 Å². The highest BCUT2D eigenvalue weighted by molar-refractivity contribution is 7.89. The Balaban J connectivity index is 2.02. The molecule has 1 heterocycles. The number of rotatable bonds is 7. The zero-order valence-electron chi connectivity index (χ0n) is 13.0. The van der Waals surface area contributed by atoms with Gasteiger partial charge in [0.1, 0.15) is 16.4 Å². The van der Waals surface area contributed by atoms with Crippen LogP contribution in [0.5, 0.6) is 11.5 Å². The molecule has 1 aromatic rings. The molecule has 0 amide bonds. The van der Waals surface area contributed by atoms with Crippen molar-refractivity contribution < 1.29 is 17.9 Å². The van der Waals surface area contributed by atoms with Crippen molar-refractivity contribution in [3.05, 3.63) is 18.2 Å². The lowest BCUT2D eigenvalue weighted by atomic mass is 10.3. The monoisotopic (exact) mass is 329 g/mol. The van der Waals surface area contributed by atoms with Crippen LogP contribution in [-0.4, -0.2) is 66.8 Å². The Kier molecular flexibility index (Phi) is 6.01. The van der Waals surface area contributed by atoms with Gasteiger partial charge in [-0.15, -0.1) is 0 Å². The summed E-state index contributed by atoms with van der Waals surface area (Å²) in [5.74, 6) is 0.777. The number of hydrogen-bond acceptors (Lipinski definition) is 6. The smallest absolute Gasteiger partial charge is 0.244 e. The first kappa shape index (κ1) is 17.0. The van der Waals surface area contributed by atoms with E-state index >= 15 is 0 Å². The predicted molar refractivity (Wildman–Crippen MR) is 84.0 cm³/mol. The lowest BCUT2D eigenvalue weighted by molar-refractivity contribution is 0.245. The van der Waals surface area contributed by atoms with Gasteiger partial charge in [0.15, 0.2) is 0 Å². The van der Waals surface area contributed by atoms with Crippen molar-refractivity contribution in [2.75, 3.05) is 53.5 Å². The topological polar surface area (TPSA) is 79.9 Å². The Morgan fingerprint density at radius 2 is 1.95 bits per heavy atom. The second kappa shape index (κ2) is 7.77. The van der Waals surface area contributed by atoms with E-state index in [1.807, 2.05) is 0 Å². The first-order valence-corrected chi connectivity index (χ1v) is 8.70. The molecule has 0 bridgehead atoms. The number of piperazine rings is 1. The summed E-state index contributed by atoms with van der Waals surface area (Å²) < 4.78 is 37.7. The third-order valence-electron chi connectivity index (χ3n) is 3.59. The largest absolute Gasteiger partial charge is 0.497 e. The second-order valence-corrected chi connectivity index (χ2v) is 6.74. The van der Waals surface area contributed by atoms with Gasteiger partial charge in [-0.2, -0.15) is 0 Å². The number of hydrogen-bond donors (Lipinski definition) is 2. The normalized spacial score (nSPS) is 16.5. The van der Waals surface area contributed by atoms with Crippen molar-refractivity contribution in [3.8, 4) is 11.5 Å². The number of benzene rings is 1. The summed E-state index contributed by atoms with van der Waals surface area (Å²) in [6.07, 6.45) is 0. The van der Waals surface area contributed by atoms with E-state index in [4.69, 9.17) is 9.47 Å². The average molecular weight is 329 g/mol. The van der Waals surface area contributed by atoms with E-state index in [1.165, 1.54) is 20.3 Å². The van der Waals surface area contributed by atoms with Crippen molar-refractivity contribution in [3.63, 3.8) is 0 Å². The van der Waals surface area contributed by atoms with Crippen LogP contribution in [0.1, 0.15) is 0 Å². The van der Waals surface area contributed by atoms with Gasteiger partial charge in [-0.1, -0.05) is 0 Å². The van der Waals surface area contributed by atoms with Gasteiger partial charge in [0.05, 0.1) is 14.2 Å². The van der Waals surface area contributed by atoms with Gasteiger partial charge >= 0.3 is 0 Å². The van der Waals surface area contributed by atoms with Crippen LogP contribution in [0, 0.1) is 0 Å². The number of nitrogens with one attached hydrogen (secondary N) is 2. The maximum absolute atomic E-state index is 12.4. The molecule has 1 aliphatic heterocycles. The molecule has 0 radical (unpaired) electrons. The number of sulfonamides is 1. The standard InChI is InChI=1S/C14H23N3O4S/c1-20-12-3-4-13(21-2)14(11-12)22(18,19)16-7-10-17-8-5-15-6-9-17/h3-4,11,15-16H,5-10H2,1-2H3. The lowest BCUT2D eigenvalue weighted by Gasteiger charge is -2.27.